The summed E-state index contributed by atoms with van der Waals surface area (Å²) in [6.45, 7) is 0. The van der Waals surface area contributed by atoms with Gasteiger partial charge in [0.2, 0.25) is 0 Å². The summed E-state index contributed by atoms with van der Waals surface area (Å²) in [5.41, 5.74) is 6.15. The van der Waals surface area contributed by atoms with Gasteiger partial charge >= 0.3 is 0 Å². The molecule has 19 heavy (non-hydrogen) atoms. The van der Waals surface area contributed by atoms with E-state index in [4.69, 9.17) is 22.1 Å². The maximum Gasteiger partial charge on any atom is 0.175 e. The number of halogens is 1. The second kappa shape index (κ2) is 5.11. The Bertz CT molecular complexity index is 693. The molecule has 0 fully saturated rings. The molecule has 0 unspecified atom stereocenters. The predicted molar refractivity (Wildman–Crippen MR) is 75.5 cm³/mol. The number of hydrogen-bond donors (Lipinski definition) is 1. The van der Waals surface area contributed by atoms with E-state index < -0.39 is 9.84 Å². The molecule has 0 aliphatic rings. The summed E-state index contributed by atoms with van der Waals surface area (Å²) < 4.78 is 28.5. The highest BCUT2D eigenvalue weighted by Gasteiger charge is 2.11. The molecule has 0 spiro atoms. The third-order valence-corrected chi connectivity index (χ3v) is 3.86. The maximum absolute atomic E-state index is 11.5. The van der Waals surface area contributed by atoms with Gasteiger partial charge < -0.3 is 10.5 Å². The molecule has 0 aromatic heterocycles. The second-order valence-electron chi connectivity index (χ2n) is 4.01. The van der Waals surface area contributed by atoms with Crippen molar-refractivity contribution >= 4 is 27.1 Å². The van der Waals surface area contributed by atoms with Crippen LogP contribution in [0.1, 0.15) is 0 Å². The van der Waals surface area contributed by atoms with Gasteiger partial charge in [-0.3, -0.25) is 0 Å². The first kappa shape index (κ1) is 13.7. The molecule has 4 nitrogen and oxygen atoms in total. The lowest BCUT2D eigenvalue weighted by Crippen LogP contribution is -1.98. The molecule has 2 rings (SSSR count). The van der Waals surface area contributed by atoms with Crippen LogP contribution in [-0.4, -0.2) is 14.7 Å². The van der Waals surface area contributed by atoms with Crippen molar-refractivity contribution in [1.82, 2.24) is 0 Å². The highest BCUT2D eigenvalue weighted by Crippen LogP contribution is 2.35. The molecule has 0 saturated heterocycles. The molecule has 6 heteroatoms. The normalized spacial score (nSPS) is 11.3. The van der Waals surface area contributed by atoms with Crippen LogP contribution >= 0.6 is 11.6 Å². The Labute approximate surface area is 116 Å². The van der Waals surface area contributed by atoms with Crippen molar-refractivity contribution in [3.05, 3.63) is 47.5 Å². The van der Waals surface area contributed by atoms with Gasteiger partial charge in [-0.1, -0.05) is 23.7 Å². The summed E-state index contributed by atoms with van der Waals surface area (Å²) in [6.07, 6.45) is 1.13. The van der Waals surface area contributed by atoms with E-state index in [1.165, 1.54) is 12.1 Å². The topological polar surface area (TPSA) is 69.4 Å². The molecule has 0 saturated carbocycles. The molecule has 2 aromatic carbocycles. The molecule has 0 aliphatic carbocycles. The Kier molecular flexibility index (Phi) is 3.68. The molecule has 0 heterocycles. The van der Waals surface area contributed by atoms with Crippen LogP contribution in [-0.2, 0) is 9.84 Å². The SMILES string of the molecule is CS(=O)(=O)c1cccc(Oc2c(N)cccc2Cl)c1. The van der Waals surface area contributed by atoms with Gasteiger partial charge in [-0.15, -0.1) is 0 Å². The number of rotatable bonds is 3. The van der Waals surface area contributed by atoms with Crippen LogP contribution in [0.15, 0.2) is 47.4 Å². The van der Waals surface area contributed by atoms with Crippen LogP contribution in [0, 0.1) is 0 Å². The Balaban J connectivity index is 2.40. The monoisotopic (exact) mass is 297 g/mol. The number of ether oxygens (including phenoxy) is 1. The summed E-state index contributed by atoms with van der Waals surface area (Å²) in [5.74, 6) is 0.678. The van der Waals surface area contributed by atoms with Gasteiger partial charge in [0.15, 0.2) is 15.6 Å². The van der Waals surface area contributed by atoms with E-state index in [0.717, 1.165) is 6.26 Å². The standard InChI is InChI=1S/C13H12ClNO3S/c1-19(16,17)10-5-2-4-9(8-10)18-13-11(14)6-3-7-12(13)15/h2-8H,15H2,1H3. The smallest absolute Gasteiger partial charge is 0.175 e. The van der Waals surface area contributed by atoms with Gasteiger partial charge in [-0.2, -0.15) is 0 Å². The zero-order valence-corrected chi connectivity index (χ0v) is 11.7. The fraction of sp³-hybridized carbons (Fsp3) is 0.0769. The van der Waals surface area contributed by atoms with Crippen molar-refractivity contribution in [3.8, 4) is 11.5 Å². The van der Waals surface area contributed by atoms with Crippen LogP contribution < -0.4 is 10.5 Å². The second-order valence-corrected chi connectivity index (χ2v) is 6.43. The molecule has 0 amide bonds. The Hall–Kier alpha value is -1.72. The first-order valence-corrected chi connectivity index (χ1v) is 7.67. The Morgan fingerprint density at radius 1 is 1.16 bits per heavy atom. The zero-order chi connectivity index (χ0) is 14.0. The first-order valence-electron chi connectivity index (χ1n) is 5.40. The maximum atomic E-state index is 11.5. The number of nitrogen functional groups attached to an aromatic ring is 1. The average molecular weight is 298 g/mol. The number of hydrogen-bond acceptors (Lipinski definition) is 4. The molecular formula is C13H12ClNO3S. The fourth-order valence-electron chi connectivity index (χ4n) is 1.52. The van der Waals surface area contributed by atoms with Crippen molar-refractivity contribution in [2.24, 2.45) is 0 Å². The minimum atomic E-state index is -3.28. The summed E-state index contributed by atoms with van der Waals surface area (Å²) >= 11 is 5.99. The van der Waals surface area contributed by atoms with Gasteiger partial charge in [0.25, 0.3) is 0 Å². The van der Waals surface area contributed by atoms with E-state index in [-0.39, 0.29) is 4.90 Å². The number of sulfone groups is 1. The molecule has 0 aliphatic heterocycles. The van der Waals surface area contributed by atoms with Gasteiger partial charge in [0.05, 0.1) is 15.6 Å². The van der Waals surface area contributed by atoms with E-state index >= 15 is 0 Å². The summed E-state index contributed by atoms with van der Waals surface area (Å²) in [5, 5.41) is 0.366. The lowest BCUT2D eigenvalue weighted by Gasteiger charge is -2.10. The number of anilines is 1. The van der Waals surface area contributed by atoms with Crippen LogP contribution in [0.3, 0.4) is 0 Å². The third-order valence-electron chi connectivity index (χ3n) is 2.45. The van der Waals surface area contributed by atoms with Gasteiger partial charge in [-0.25, -0.2) is 8.42 Å². The lowest BCUT2D eigenvalue weighted by atomic mass is 10.3. The average Bonchev–Trinajstić information content (AvgIpc) is 2.33. The minimum Gasteiger partial charge on any atom is -0.454 e. The lowest BCUT2D eigenvalue weighted by molar-refractivity contribution is 0.483. The molecule has 100 valence electrons. The van der Waals surface area contributed by atoms with E-state index in [2.05, 4.69) is 0 Å². The van der Waals surface area contributed by atoms with E-state index in [1.54, 1.807) is 30.3 Å². The summed E-state index contributed by atoms with van der Waals surface area (Å²) in [7, 11) is -3.28. The number of nitrogens with two attached hydrogens (primary N) is 1. The van der Waals surface area contributed by atoms with Gasteiger partial charge in [0, 0.05) is 6.26 Å². The minimum absolute atomic E-state index is 0.177. The van der Waals surface area contributed by atoms with Crippen molar-refractivity contribution in [1.29, 1.82) is 0 Å². The molecule has 0 atom stereocenters. The largest absolute Gasteiger partial charge is 0.454 e. The Morgan fingerprint density at radius 3 is 2.47 bits per heavy atom. The Morgan fingerprint density at radius 2 is 1.84 bits per heavy atom. The summed E-state index contributed by atoms with van der Waals surface area (Å²) in [4.78, 5) is 0.177. The highest BCUT2D eigenvalue weighted by molar-refractivity contribution is 7.90. The molecular weight excluding hydrogens is 286 g/mol. The van der Waals surface area contributed by atoms with Gasteiger partial charge in [-0.05, 0) is 30.3 Å². The van der Waals surface area contributed by atoms with E-state index in [1.807, 2.05) is 0 Å². The summed E-state index contributed by atoms with van der Waals surface area (Å²) in [6, 6.07) is 11.2. The van der Waals surface area contributed by atoms with Crippen LogP contribution in [0.4, 0.5) is 5.69 Å². The van der Waals surface area contributed by atoms with Gasteiger partial charge in [0.1, 0.15) is 5.75 Å². The third kappa shape index (κ3) is 3.19. The zero-order valence-electron chi connectivity index (χ0n) is 10.1. The van der Waals surface area contributed by atoms with E-state index in [0.29, 0.717) is 22.2 Å². The molecule has 2 aromatic rings. The van der Waals surface area contributed by atoms with Crippen LogP contribution in [0.25, 0.3) is 0 Å². The quantitative estimate of drug-likeness (QED) is 0.884. The van der Waals surface area contributed by atoms with Crippen molar-refractivity contribution in [3.63, 3.8) is 0 Å². The molecule has 0 radical (unpaired) electrons. The van der Waals surface area contributed by atoms with Crippen molar-refractivity contribution in [2.45, 2.75) is 4.90 Å². The predicted octanol–water partition coefficient (Wildman–Crippen LogP) is 3.12. The molecule has 0 bridgehead atoms. The molecule has 2 N–H and O–H groups in total. The van der Waals surface area contributed by atoms with Crippen molar-refractivity contribution < 1.29 is 13.2 Å². The van der Waals surface area contributed by atoms with E-state index in [9.17, 15) is 8.42 Å². The highest BCUT2D eigenvalue weighted by atomic mass is 35.5. The van der Waals surface area contributed by atoms with Crippen molar-refractivity contribution in [2.75, 3.05) is 12.0 Å². The van der Waals surface area contributed by atoms with Crippen LogP contribution in [0.5, 0.6) is 11.5 Å². The number of para-hydroxylation sites is 1. The fourth-order valence-corrected chi connectivity index (χ4v) is 2.40. The van der Waals surface area contributed by atoms with Crippen LogP contribution in [0.2, 0.25) is 5.02 Å². The first-order chi connectivity index (χ1) is 8.88. The number of benzene rings is 2.